The lowest BCUT2D eigenvalue weighted by Gasteiger charge is -2.04. The molecule has 2 aromatic heterocycles. The van der Waals surface area contributed by atoms with E-state index in [0.717, 1.165) is 11.3 Å². The summed E-state index contributed by atoms with van der Waals surface area (Å²) in [7, 11) is 1.63. The van der Waals surface area contributed by atoms with Crippen molar-refractivity contribution in [1.29, 1.82) is 0 Å². The molecule has 0 unspecified atom stereocenters. The molecule has 0 spiro atoms. The Bertz CT molecular complexity index is 766. The minimum absolute atomic E-state index is 0.252. The molecule has 2 N–H and O–H groups in total. The van der Waals surface area contributed by atoms with E-state index in [1.165, 1.54) is 6.26 Å². The van der Waals surface area contributed by atoms with E-state index < -0.39 is 0 Å². The van der Waals surface area contributed by atoms with Gasteiger partial charge in [0.05, 0.1) is 25.8 Å². The average molecular weight is 315 g/mol. The van der Waals surface area contributed by atoms with Gasteiger partial charge in [-0.3, -0.25) is 0 Å². The zero-order chi connectivity index (χ0) is 16.1. The van der Waals surface area contributed by atoms with Gasteiger partial charge in [-0.15, -0.1) is 0 Å². The van der Waals surface area contributed by atoms with Crippen molar-refractivity contribution in [2.24, 2.45) is 5.73 Å². The summed E-state index contributed by atoms with van der Waals surface area (Å²) in [4.78, 5) is 4.26. The molecule has 3 rings (SSSR count). The molecule has 0 atom stereocenters. The van der Waals surface area contributed by atoms with E-state index in [1.807, 2.05) is 24.3 Å². The van der Waals surface area contributed by atoms with Crippen LogP contribution in [0, 0.1) is 0 Å². The number of methoxy groups -OCH3 is 1. The van der Waals surface area contributed by atoms with Crippen LogP contribution < -0.4 is 10.5 Å². The summed E-state index contributed by atoms with van der Waals surface area (Å²) < 4.78 is 21.2. The van der Waals surface area contributed by atoms with Gasteiger partial charge < -0.3 is 24.1 Å². The first-order valence-electron chi connectivity index (χ1n) is 7.09. The summed E-state index contributed by atoms with van der Waals surface area (Å²) in [5, 5.41) is 3.88. The van der Waals surface area contributed by atoms with Crippen LogP contribution in [0.4, 0.5) is 0 Å². The lowest BCUT2D eigenvalue weighted by Crippen LogP contribution is -1.96. The van der Waals surface area contributed by atoms with Crippen LogP contribution in [0.25, 0.3) is 11.5 Å². The molecule has 2 heterocycles. The first-order chi connectivity index (χ1) is 11.3. The number of aromatic nitrogens is 2. The molecule has 0 aliphatic heterocycles. The molecule has 23 heavy (non-hydrogen) atoms. The van der Waals surface area contributed by atoms with Crippen LogP contribution in [-0.2, 0) is 24.5 Å². The van der Waals surface area contributed by atoms with Crippen molar-refractivity contribution in [2.75, 3.05) is 7.11 Å². The summed E-state index contributed by atoms with van der Waals surface area (Å²) in [6.07, 6.45) is 1.54. The molecular formula is C16H17N3O4. The van der Waals surface area contributed by atoms with Crippen LogP contribution in [-0.4, -0.2) is 17.3 Å². The lowest BCUT2D eigenvalue weighted by atomic mass is 10.2. The van der Waals surface area contributed by atoms with E-state index in [4.69, 9.17) is 24.1 Å². The van der Waals surface area contributed by atoms with Crippen molar-refractivity contribution in [3.8, 4) is 17.2 Å². The standard InChI is InChI=1S/C16H17N3O4/c1-20-13-4-2-3-11(5-13)8-21-10-15-18-16(23-19-15)12-6-14(7-17)22-9-12/h2-6,9H,7-8,10,17H2,1H3. The highest BCUT2D eigenvalue weighted by Gasteiger charge is 2.12. The second-order valence-corrected chi connectivity index (χ2v) is 4.87. The summed E-state index contributed by atoms with van der Waals surface area (Å²) in [6, 6.07) is 9.45. The van der Waals surface area contributed by atoms with E-state index in [2.05, 4.69) is 10.1 Å². The number of nitrogens with two attached hydrogens (primary N) is 1. The SMILES string of the molecule is COc1cccc(COCc2noc(-c3coc(CN)c3)n2)c1. The lowest BCUT2D eigenvalue weighted by molar-refractivity contribution is 0.0998. The van der Waals surface area contributed by atoms with Gasteiger partial charge in [-0.2, -0.15) is 4.98 Å². The van der Waals surface area contributed by atoms with E-state index in [9.17, 15) is 0 Å². The van der Waals surface area contributed by atoms with E-state index in [0.29, 0.717) is 36.2 Å². The van der Waals surface area contributed by atoms with Gasteiger partial charge >= 0.3 is 0 Å². The van der Waals surface area contributed by atoms with Gasteiger partial charge in [0, 0.05) is 0 Å². The second-order valence-electron chi connectivity index (χ2n) is 4.87. The molecule has 120 valence electrons. The predicted octanol–water partition coefficient (Wildman–Crippen LogP) is 2.51. The molecule has 3 aromatic rings. The molecule has 0 radical (unpaired) electrons. The smallest absolute Gasteiger partial charge is 0.261 e. The first kappa shape index (κ1) is 15.3. The van der Waals surface area contributed by atoms with Gasteiger partial charge in [-0.1, -0.05) is 17.3 Å². The maximum atomic E-state index is 5.60. The first-order valence-corrected chi connectivity index (χ1v) is 7.09. The van der Waals surface area contributed by atoms with Gasteiger partial charge in [0.25, 0.3) is 5.89 Å². The van der Waals surface area contributed by atoms with Crippen LogP contribution >= 0.6 is 0 Å². The monoisotopic (exact) mass is 315 g/mol. The van der Waals surface area contributed by atoms with Gasteiger partial charge in [-0.25, -0.2) is 0 Å². The quantitative estimate of drug-likeness (QED) is 0.715. The fourth-order valence-electron chi connectivity index (χ4n) is 2.05. The molecule has 1 aromatic carbocycles. The van der Waals surface area contributed by atoms with Gasteiger partial charge in [-0.05, 0) is 23.8 Å². The molecule has 0 saturated heterocycles. The zero-order valence-electron chi connectivity index (χ0n) is 12.7. The van der Waals surface area contributed by atoms with Crippen molar-refractivity contribution in [1.82, 2.24) is 10.1 Å². The third-order valence-corrected chi connectivity index (χ3v) is 3.20. The molecule has 0 bridgehead atoms. The molecule has 7 nitrogen and oxygen atoms in total. The Hall–Kier alpha value is -2.64. The second kappa shape index (κ2) is 7.08. The Labute approximate surface area is 133 Å². The van der Waals surface area contributed by atoms with E-state index in [-0.39, 0.29) is 6.61 Å². The third kappa shape index (κ3) is 3.77. The molecule has 0 aliphatic rings. The van der Waals surface area contributed by atoms with E-state index >= 15 is 0 Å². The Kier molecular flexibility index (Phi) is 4.70. The topological polar surface area (TPSA) is 96.5 Å². The van der Waals surface area contributed by atoms with Crippen LogP contribution in [0.2, 0.25) is 0 Å². The minimum atomic E-state index is 0.252. The Morgan fingerprint density at radius 3 is 2.91 bits per heavy atom. The van der Waals surface area contributed by atoms with Crippen LogP contribution in [0.3, 0.4) is 0 Å². The van der Waals surface area contributed by atoms with Crippen molar-refractivity contribution in [3.05, 3.63) is 53.7 Å². The fourth-order valence-corrected chi connectivity index (χ4v) is 2.05. The van der Waals surface area contributed by atoms with Crippen LogP contribution in [0.15, 0.2) is 45.5 Å². The average Bonchev–Trinajstić information content (AvgIpc) is 3.24. The number of nitrogens with zero attached hydrogens (tertiary/aromatic N) is 2. The number of rotatable bonds is 7. The Morgan fingerprint density at radius 2 is 2.13 bits per heavy atom. The summed E-state index contributed by atoms with van der Waals surface area (Å²) in [6.45, 7) is 1.01. The number of furan rings is 1. The van der Waals surface area contributed by atoms with Crippen LogP contribution in [0.1, 0.15) is 17.1 Å². The number of ether oxygens (including phenoxy) is 2. The summed E-state index contributed by atoms with van der Waals surface area (Å²) >= 11 is 0. The molecular weight excluding hydrogens is 298 g/mol. The molecule has 0 fully saturated rings. The predicted molar refractivity (Wildman–Crippen MR) is 81.4 cm³/mol. The van der Waals surface area contributed by atoms with Gasteiger partial charge in [0.1, 0.15) is 24.4 Å². The molecule has 0 aliphatic carbocycles. The maximum absolute atomic E-state index is 5.60. The normalized spacial score (nSPS) is 10.9. The summed E-state index contributed by atoms with van der Waals surface area (Å²) in [5.41, 5.74) is 7.21. The van der Waals surface area contributed by atoms with E-state index in [1.54, 1.807) is 13.2 Å². The van der Waals surface area contributed by atoms with Gasteiger partial charge in [0.15, 0.2) is 5.82 Å². The highest BCUT2D eigenvalue weighted by Crippen LogP contribution is 2.20. The number of hydrogen-bond donors (Lipinski definition) is 1. The largest absolute Gasteiger partial charge is 0.497 e. The van der Waals surface area contributed by atoms with Crippen molar-refractivity contribution >= 4 is 0 Å². The molecule has 0 saturated carbocycles. The molecule has 7 heteroatoms. The summed E-state index contributed by atoms with van der Waals surface area (Å²) in [5.74, 6) is 2.31. The third-order valence-electron chi connectivity index (χ3n) is 3.20. The zero-order valence-corrected chi connectivity index (χ0v) is 12.7. The van der Waals surface area contributed by atoms with Gasteiger partial charge in [0.2, 0.25) is 0 Å². The van der Waals surface area contributed by atoms with Crippen molar-refractivity contribution in [2.45, 2.75) is 19.8 Å². The Balaban J connectivity index is 1.56. The number of hydrogen-bond acceptors (Lipinski definition) is 7. The minimum Gasteiger partial charge on any atom is -0.497 e. The van der Waals surface area contributed by atoms with Crippen molar-refractivity contribution in [3.63, 3.8) is 0 Å². The maximum Gasteiger partial charge on any atom is 0.261 e. The highest BCUT2D eigenvalue weighted by molar-refractivity contribution is 5.51. The number of benzene rings is 1. The van der Waals surface area contributed by atoms with Crippen molar-refractivity contribution < 1.29 is 18.4 Å². The fraction of sp³-hybridized carbons (Fsp3) is 0.250. The Morgan fingerprint density at radius 1 is 1.22 bits per heavy atom. The highest BCUT2D eigenvalue weighted by atomic mass is 16.5. The van der Waals surface area contributed by atoms with Crippen LogP contribution in [0.5, 0.6) is 5.75 Å². The molecule has 0 amide bonds.